The van der Waals surface area contributed by atoms with E-state index in [2.05, 4.69) is 36.0 Å². The second-order valence-corrected chi connectivity index (χ2v) is 7.26. The van der Waals surface area contributed by atoms with Crippen LogP contribution in [0.4, 0.5) is 0 Å². The van der Waals surface area contributed by atoms with Crippen molar-refractivity contribution in [1.82, 2.24) is 15.1 Å². The van der Waals surface area contributed by atoms with E-state index in [4.69, 9.17) is 5.73 Å². The number of primary amides is 1. The smallest absolute Gasteiger partial charge is 0.237 e. The molecule has 0 bridgehead atoms. The van der Waals surface area contributed by atoms with Crippen molar-refractivity contribution >= 4 is 5.91 Å². The summed E-state index contributed by atoms with van der Waals surface area (Å²) in [6.07, 6.45) is 0.750. The molecule has 1 atom stereocenters. The summed E-state index contributed by atoms with van der Waals surface area (Å²) in [5.41, 5.74) is 5.15. The molecule has 1 rings (SSSR count). The lowest BCUT2D eigenvalue weighted by molar-refractivity contribution is -0.124. The third kappa shape index (κ3) is 4.43. The van der Waals surface area contributed by atoms with Crippen molar-refractivity contribution in [3.05, 3.63) is 0 Å². The number of carbonyl (C=O) groups is 1. The molecule has 118 valence electrons. The van der Waals surface area contributed by atoms with Gasteiger partial charge in [0.2, 0.25) is 5.91 Å². The first-order chi connectivity index (χ1) is 9.07. The zero-order valence-corrected chi connectivity index (χ0v) is 14.0. The summed E-state index contributed by atoms with van der Waals surface area (Å²) in [5.74, 6) is -0.264. The van der Waals surface area contributed by atoms with E-state index in [0.717, 1.165) is 32.6 Å². The topological polar surface area (TPSA) is 61.6 Å². The summed E-state index contributed by atoms with van der Waals surface area (Å²) in [4.78, 5) is 16.6. The summed E-state index contributed by atoms with van der Waals surface area (Å²) in [7, 11) is 2.17. The molecule has 1 heterocycles. The standard InChI is InChI=1S/C15H32N4O/c1-12(2)17-15(5,13(16)20)7-8-19-10-9-18(6)14(3,4)11-19/h12,17H,7-11H2,1-6H3,(H2,16,20). The van der Waals surface area contributed by atoms with E-state index in [1.165, 1.54) is 0 Å². The number of nitrogens with two attached hydrogens (primary N) is 1. The van der Waals surface area contributed by atoms with E-state index in [9.17, 15) is 4.79 Å². The Morgan fingerprint density at radius 3 is 2.45 bits per heavy atom. The van der Waals surface area contributed by atoms with Crippen molar-refractivity contribution in [2.24, 2.45) is 5.73 Å². The number of carbonyl (C=O) groups excluding carboxylic acids is 1. The molecule has 0 aromatic heterocycles. The van der Waals surface area contributed by atoms with Crippen LogP contribution in [0.2, 0.25) is 0 Å². The average molecular weight is 284 g/mol. The van der Waals surface area contributed by atoms with Gasteiger partial charge in [-0.3, -0.25) is 9.69 Å². The number of rotatable bonds is 6. The third-order valence-corrected chi connectivity index (χ3v) is 4.47. The number of nitrogens with zero attached hydrogens (tertiary/aromatic N) is 2. The molecule has 1 saturated heterocycles. The Hall–Kier alpha value is -0.650. The van der Waals surface area contributed by atoms with Crippen LogP contribution in [0.1, 0.15) is 41.0 Å². The van der Waals surface area contributed by atoms with E-state index in [1.807, 2.05) is 20.8 Å². The van der Waals surface area contributed by atoms with Gasteiger partial charge in [0.25, 0.3) is 0 Å². The zero-order valence-electron chi connectivity index (χ0n) is 14.0. The fraction of sp³-hybridized carbons (Fsp3) is 0.933. The Morgan fingerprint density at radius 1 is 1.40 bits per heavy atom. The first-order valence-corrected chi connectivity index (χ1v) is 7.58. The molecule has 0 aromatic carbocycles. The molecule has 1 aliphatic rings. The van der Waals surface area contributed by atoms with Crippen LogP contribution >= 0.6 is 0 Å². The van der Waals surface area contributed by atoms with Gasteiger partial charge in [-0.05, 0) is 48.1 Å². The molecule has 1 aliphatic heterocycles. The highest BCUT2D eigenvalue weighted by Crippen LogP contribution is 2.20. The van der Waals surface area contributed by atoms with Crippen LogP contribution < -0.4 is 11.1 Å². The van der Waals surface area contributed by atoms with E-state index in [-0.39, 0.29) is 17.5 Å². The Morgan fingerprint density at radius 2 is 2.00 bits per heavy atom. The van der Waals surface area contributed by atoms with E-state index in [1.54, 1.807) is 0 Å². The number of piperazine rings is 1. The molecule has 0 radical (unpaired) electrons. The Kier molecular flexibility index (Phi) is 5.58. The second-order valence-electron chi connectivity index (χ2n) is 7.26. The van der Waals surface area contributed by atoms with Crippen LogP contribution in [-0.4, -0.2) is 66.1 Å². The van der Waals surface area contributed by atoms with Crippen molar-refractivity contribution in [2.45, 2.75) is 58.2 Å². The minimum atomic E-state index is -0.623. The summed E-state index contributed by atoms with van der Waals surface area (Å²) in [6, 6.07) is 0.247. The van der Waals surface area contributed by atoms with Crippen molar-refractivity contribution in [2.75, 3.05) is 33.2 Å². The lowest BCUT2D eigenvalue weighted by Crippen LogP contribution is -2.60. The predicted molar refractivity (Wildman–Crippen MR) is 83.6 cm³/mol. The second kappa shape index (κ2) is 6.41. The van der Waals surface area contributed by atoms with Crippen molar-refractivity contribution in [3.8, 4) is 0 Å². The van der Waals surface area contributed by atoms with Gasteiger partial charge in [0, 0.05) is 37.8 Å². The first-order valence-electron chi connectivity index (χ1n) is 7.58. The molecular formula is C15H32N4O. The largest absolute Gasteiger partial charge is 0.368 e. The number of hydrogen-bond acceptors (Lipinski definition) is 4. The molecule has 1 amide bonds. The van der Waals surface area contributed by atoms with Gasteiger partial charge in [0.15, 0.2) is 0 Å². The van der Waals surface area contributed by atoms with Crippen LogP contribution in [0.15, 0.2) is 0 Å². The third-order valence-electron chi connectivity index (χ3n) is 4.47. The Labute approximate surface area is 123 Å². The molecule has 20 heavy (non-hydrogen) atoms. The normalized spacial score (nSPS) is 23.8. The Balaban J connectivity index is 2.58. The van der Waals surface area contributed by atoms with Crippen LogP contribution in [0.5, 0.6) is 0 Å². The van der Waals surface area contributed by atoms with E-state index < -0.39 is 5.54 Å². The van der Waals surface area contributed by atoms with Gasteiger partial charge in [0.1, 0.15) is 0 Å². The molecule has 5 nitrogen and oxygen atoms in total. The highest BCUT2D eigenvalue weighted by molar-refractivity contribution is 5.84. The molecule has 3 N–H and O–H groups in total. The number of likely N-dealkylation sites (N-methyl/N-ethyl adjacent to an activating group) is 1. The van der Waals surface area contributed by atoms with Crippen molar-refractivity contribution in [3.63, 3.8) is 0 Å². The monoisotopic (exact) mass is 284 g/mol. The minimum Gasteiger partial charge on any atom is -0.368 e. The van der Waals surface area contributed by atoms with Crippen LogP contribution in [0.3, 0.4) is 0 Å². The average Bonchev–Trinajstić information content (AvgIpc) is 2.29. The summed E-state index contributed by atoms with van der Waals surface area (Å²) < 4.78 is 0. The first kappa shape index (κ1) is 17.4. The van der Waals surface area contributed by atoms with Gasteiger partial charge < -0.3 is 16.0 Å². The zero-order chi connectivity index (χ0) is 15.6. The van der Waals surface area contributed by atoms with Gasteiger partial charge in [0.05, 0.1) is 5.54 Å². The molecule has 0 aromatic rings. The fourth-order valence-corrected chi connectivity index (χ4v) is 2.82. The van der Waals surface area contributed by atoms with Crippen LogP contribution in [-0.2, 0) is 4.79 Å². The molecule has 0 saturated carbocycles. The van der Waals surface area contributed by atoms with Crippen LogP contribution in [0.25, 0.3) is 0 Å². The maximum Gasteiger partial charge on any atom is 0.237 e. The fourth-order valence-electron chi connectivity index (χ4n) is 2.82. The molecule has 0 spiro atoms. The van der Waals surface area contributed by atoms with Gasteiger partial charge >= 0.3 is 0 Å². The van der Waals surface area contributed by atoms with E-state index in [0.29, 0.717) is 0 Å². The Bertz CT molecular complexity index is 343. The van der Waals surface area contributed by atoms with Crippen molar-refractivity contribution in [1.29, 1.82) is 0 Å². The SMILES string of the molecule is CC(C)NC(C)(CCN1CCN(C)C(C)(C)C1)C(N)=O. The quantitative estimate of drug-likeness (QED) is 0.751. The van der Waals surface area contributed by atoms with Gasteiger partial charge in [-0.25, -0.2) is 0 Å². The summed E-state index contributed by atoms with van der Waals surface area (Å²) >= 11 is 0. The molecule has 1 unspecified atom stereocenters. The summed E-state index contributed by atoms with van der Waals surface area (Å²) in [5, 5.41) is 3.31. The predicted octanol–water partition coefficient (Wildman–Crippen LogP) is 0.645. The molecule has 0 aliphatic carbocycles. The maximum absolute atomic E-state index is 11.7. The highest BCUT2D eigenvalue weighted by atomic mass is 16.1. The van der Waals surface area contributed by atoms with Gasteiger partial charge in [-0.1, -0.05) is 0 Å². The van der Waals surface area contributed by atoms with Gasteiger partial charge in [-0.15, -0.1) is 0 Å². The van der Waals surface area contributed by atoms with E-state index >= 15 is 0 Å². The number of nitrogens with one attached hydrogen (secondary N) is 1. The highest BCUT2D eigenvalue weighted by Gasteiger charge is 2.35. The maximum atomic E-state index is 11.7. The number of amides is 1. The van der Waals surface area contributed by atoms with Crippen LogP contribution in [0, 0.1) is 0 Å². The summed E-state index contributed by atoms with van der Waals surface area (Å²) in [6.45, 7) is 14.6. The lowest BCUT2D eigenvalue weighted by atomic mass is 9.94. The molecule has 1 fully saturated rings. The molecule has 5 heteroatoms. The number of hydrogen-bond donors (Lipinski definition) is 2. The minimum absolute atomic E-state index is 0.187. The van der Waals surface area contributed by atoms with Crippen molar-refractivity contribution < 1.29 is 4.79 Å². The lowest BCUT2D eigenvalue weighted by Gasteiger charge is -2.46. The van der Waals surface area contributed by atoms with Gasteiger partial charge in [-0.2, -0.15) is 0 Å². The molecular weight excluding hydrogens is 252 g/mol.